The number of ether oxygens (including phenoxy) is 1. The lowest BCUT2D eigenvalue weighted by Crippen LogP contribution is -2.41. The van der Waals surface area contributed by atoms with E-state index >= 15 is 0 Å². The summed E-state index contributed by atoms with van der Waals surface area (Å²) < 4.78 is 7.11. The van der Waals surface area contributed by atoms with Gasteiger partial charge in [-0.1, -0.05) is 54.1 Å². The van der Waals surface area contributed by atoms with E-state index in [4.69, 9.17) is 9.84 Å². The fourth-order valence-electron chi connectivity index (χ4n) is 4.75. The Morgan fingerprint density at radius 2 is 1.68 bits per heavy atom. The number of anilines is 1. The van der Waals surface area contributed by atoms with Crippen LogP contribution in [0.25, 0.3) is 16.9 Å². The highest BCUT2D eigenvalue weighted by atomic mass is 16.5. The normalized spacial score (nSPS) is 13.8. The van der Waals surface area contributed by atoms with Crippen LogP contribution in [-0.4, -0.2) is 46.7 Å². The maximum Gasteiger partial charge on any atom is 0.257 e. The first-order valence-electron chi connectivity index (χ1n) is 12.5. The Labute approximate surface area is 216 Å². The minimum atomic E-state index is -0.169. The topological polar surface area (TPSA) is 76.5 Å². The van der Waals surface area contributed by atoms with E-state index in [2.05, 4.69) is 5.32 Å². The summed E-state index contributed by atoms with van der Waals surface area (Å²) in [6.45, 7) is 3.04. The van der Waals surface area contributed by atoms with Crippen LogP contribution >= 0.6 is 0 Å². The maximum absolute atomic E-state index is 13.7. The Kier molecular flexibility index (Phi) is 7.03. The van der Waals surface area contributed by atoms with E-state index in [0.29, 0.717) is 48.6 Å². The van der Waals surface area contributed by atoms with E-state index in [1.807, 2.05) is 96.9 Å². The van der Waals surface area contributed by atoms with Gasteiger partial charge in [0.15, 0.2) is 0 Å². The maximum atomic E-state index is 13.7. The zero-order chi connectivity index (χ0) is 25.8. The minimum Gasteiger partial charge on any atom is -0.495 e. The number of likely N-dealkylation sites (tertiary alicyclic amines) is 1. The molecule has 188 valence electrons. The van der Waals surface area contributed by atoms with Crippen LogP contribution in [-0.2, 0) is 4.79 Å². The molecular formula is C30H30N4O3. The monoisotopic (exact) mass is 494 g/mol. The standard InChI is InChI=1S/C30H30N4O3/c1-21-9-8-10-23(19-21)28-25(20-34(32-28)24-11-4-3-5-12-24)30(36)33-17-15-22(16-18-33)29(35)31-26-13-6-7-14-27(26)37-2/h3-14,19-20,22H,15-18H2,1-2H3,(H,31,35). The number of carbonyl (C=O) groups excluding carboxylic acids is 2. The van der Waals surface area contributed by atoms with E-state index in [1.165, 1.54) is 0 Å². The number of piperidine rings is 1. The van der Waals surface area contributed by atoms with Gasteiger partial charge in [-0.2, -0.15) is 5.10 Å². The number of nitrogens with zero attached hydrogens (tertiary/aromatic N) is 3. The SMILES string of the molecule is COc1ccccc1NC(=O)C1CCN(C(=O)c2cn(-c3ccccc3)nc2-c2cccc(C)c2)CC1. The summed E-state index contributed by atoms with van der Waals surface area (Å²) in [5.41, 5.74) is 4.78. The van der Waals surface area contributed by atoms with E-state index in [0.717, 1.165) is 16.8 Å². The van der Waals surface area contributed by atoms with Crippen LogP contribution in [0.2, 0.25) is 0 Å². The Bertz CT molecular complexity index is 1410. The van der Waals surface area contributed by atoms with Crippen molar-refractivity contribution >= 4 is 17.5 Å². The first-order valence-corrected chi connectivity index (χ1v) is 12.5. The van der Waals surface area contributed by atoms with Crippen molar-refractivity contribution in [2.24, 2.45) is 5.92 Å². The second-order valence-electron chi connectivity index (χ2n) is 9.30. The number of para-hydroxylation sites is 3. The summed E-state index contributed by atoms with van der Waals surface area (Å²) in [4.78, 5) is 28.5. The molecule has 1 aromatic heterocycles. The third-order valence-corrected chi connectivity index (χ3v) is 6.77. The number of aryl methyl sites for hydroxylation is 1. The van der Waals surface area contributed by atoms with Crippen molar-refractivity contribution in [3.63, 3.8) is 0 Å². The van der Waals surface area contributed by atoms with Crippen molar-refractivity contribution in [1.82, 2.24) is 14.7 Å². The predicted octanol–water partition coefficient (Wildman–Crippen LogP) is 5.35. The van der Waals surface area contributed by atoms with E-state index in [1.54, 1.807) is 11.8 Å². The molecular weight excluding hydrogens is 464 g/mol. The van der Waals surface area contributed by atoms with Gasteiger partial charge in [-0.3, -0.25) is 9.59 Å². The molecule has 1 aliphatic rings. The highest BCUT2D eigenvalue weighted by molar-refractivity contribution is 6.00. The van der Waals surface area contributed by atoms with Gasteiger partial charge in [-0.05, 0) is 50.1 Å². The molecule has 4 aromatic rings. The number of carbonyl (C=O) groups is 2. The van der Waals surface area contributed by atoms with Crippen LogP contribution in [0.5, 0.6) is 5.75 Å². The van der Waals surface area contributed by atoms with Crippen molar-refractivity contribution in [2.75, 3.05) is 25.5 Å². The van der Waals surface area contributed by atoms with Gasteiger partial charge in [0.1, 0.15) is 11.4 Å². The molecule has 37 heavy (non-hydrogen) atoms. The second-order valence-corrected chi connectivity index (χ2v) is 9.30. The molecule has 7 nitrogen and oxygen atoms in total. The van der Waals surface area contributed by atoms with Crippen LogP contribution in [0.3, 0.4) is 0 Å². The molecule has 0 atom stereocenters. The molecule has 0 aliphatic carbocycles. The average Bonchev–Trinajstić information content (AvgIpc) is 3.39. The van der Waals surface area contributed by atoms with Gasteiger partial charge in [-0.25, -0.2) is 4.68 Å². The van der Waals surface area contributed by atoms with Crippen molar-refractivity contribution < 1.29 is 14.3 Å². The molecule has 1 saturated heterocycles. The Morgan fingerprint density at radius 3 is 2.41 bits per heavy atom. The van der Waals surface area contributed by atoms with Crippen molar-refractivity contribution in [1.29, 1.82) is 0 Å². The molecule has 0 unspecified atom stereocenters. The van der Waals surface area contributed by atoms with E-state index in [-0.39, 0.29) is 17.7 Å². The zero-order valence-electron chi connectivity index (χ0n) is 21.1. The van der Waals surface area contributed by atoms with Crippen molar-refractivity contribution in [3.05, 3.63) is 96.2 Å². The highest BCUT2D eigenvalue weighted by Crippen LogP contribution is 2.29. The van der Waals surface area contributed by atoms with Gasteiger partial charge < -0.3 is 15.0 Å². The zero-order valence-corrected chi connectivity index (χ0v) is 21.1. The number of nitrogens with one attached hydrogen (secondary N) is 1. The fourth-order valence-corrected chi connectivity index (χ4v) is 4.75. The van der Waals surface area contributed by atoms with Gasteiger partial charge in [0.05, 0.1) is 24.0 Å². The molecule has 3 aromatic carbocycles. The van der Waals surface area contributed by atoms with Gasteiger partial charge in [0, 0.05) is 30.8 Å². The van der Waals surface area contributed by atoms with E-state index < -0.39 is 0 Å². The molecule has 1 N–H and O–H groups in total. The molecule has 1 aliphatic heterocycles. The molecule has 0 bridgehead atoms. The van der Waals surface area contributed by atoms with Crippen LogP contribution in [0, 0.1) is 12.8 Å². The summed E-state index contributed by atoms with van der Waals surface area (Å²) in [5.74, 6) is 0.344. The van der Waals surface area contributed by atoms with Crippen LogP contribution in [0.15, 0.2) is 85.1 Å². The number of benzene rings is 3. The molecule has 0 radical (unpaired) electrons. The van der Waals surface area contributed by atoms with Crippen LogP contribution < -0.4 is 10.1 Å². The fraction of sp³-hybridized carbons (Fsp3) is 0.233. The summed E-state index contributed by atoms with van der Waals surface area (Å²) in [6, 6.07) is 25.2. The Morgan fingerprint density at radius 1 is 0.946 bits per heavy atom. The lowest BCUT2D eigenvalue weighted by molar-refractivity contribution is -0.121. The van der Waals surface area contributed by atoms with Crippen molar-refractivity contribution in [2.45, 2.75) is 19.8 Å². The van der Waals surface area contributed by atoms with Gasteiger partial charge in [-0.15, -0.1) is 0 Å². The summed E-state index contributed by atoms with van der Waals surface area (Å²) in [6.07, 6.45) is 3.01. The van der Waals surface area contributed by atoms with Gasteiger partial charge in [0.2, 0.25) is 5.91 Å². The number of amides is 2. The summed E-state index contributed by atoms with van der Waals surface area (Å²) >= 11 is 0. The van der Waals surface area contributed by atoms with Gasteiger partial charge in [0.25, 0.3) is 5.91 Å². The Balaban J connectivity index is 1.34. The summed E-state index contributed by atoms with van der Waals surface area (Å²) in [7, 11) is 1.58. The predicted molar refractivity (Wildman–Crippen MR) is 144 cm³/mol. The summed E-state index contributed by atoms with van der Waals surface area (Å²) in [5, 5.41) is 7.79. The lowest BCUT2D eigenvalue weighted by atomic mass is 9.95. The third kappa shape index (κ3) is 5.26. The number of methoxy groups -OCH3 is 1. The molecule has 7 heteroatoms. The molecule has 0 spiro atoms. The lowest BCUT2D eigenvalue weighted by Gasteiger charge is -2.31. The van der Waals surface area contributed by atoms with Crippen molar-refractivity contribution in [3.8, 4) is 22.7 Å². The smallest absolute Gasteiger partial charge is 0.257 e. The number of aromatic nitrogens is 2. The number of rotatable bonds is 6. The Hall–Kier alpha value is -4.39. The largest absolute Gasteiger partial charge is 0.495 e. The molecule has 1 fully saturated rings. The quantitative estimate of drug-likeness (QED) is 0.392. The second kappa shape index (κ2) is 10.7. The minimum absolute atomic E-state index is 0.0473. The van der Waals surface area contributed by atoms with Crippen LogP contribution in [0.1, 0.15) is 28.8 Å². The van der Waals surface area contributed by atoms with Crippen LogP contribution in [0.4, 0.5) is 5.69 Å². The molecule has 5 rings (SSSR count). The number of hydrogen-bond acceptors (Lipinski definition) is 4. The van der Waals surface area contributed by atoms with Gasteiger partial charge >= 0.3 is 0 Å². The molecule has 2 amide bonds. The average molecular weight is 495 g/mol. The number of hydrogen-bond donors (Lipinski definition) is 1. The highest BCUT2D eigenvalue weighted by Gasteiger charge is 2.30. The molecule has 2 heterocycles. The van der Waals surface area contributed by atoms with E-state index in [9.17, 15) is 9.59 Å². The first-order chi connectivity index (χ1) is 18.0. The third-order valence-electron chi connectivity index (χ3n) is 6.77. The molecule has 0 saturated carbocycles. The first kappa shape index (κ1) is 24.3.